The van der Waals surface area contributed by atoms with Gasteiger partial charge in [0.15, 0.2) is 6.29 Å². The predicted molar refractivity (Wildman–Crippen MR) is 80.3 cm³/mol. The minimum atomic E-state index is -2.63. The van der Waals surface area contributed by atoms with Crippen LogP contribution in [0.15, 0.2) is 0 Å². The summed E-state index contributed by atoms with van der Waals surface area (Å²) in [6, 6.07) is -2.44. The second-order valence-corrected chi connectivity index (χ2v) is 6.86. The maximum atomic E-state index is 12.4. The molecule has 0 aromatic heterocycles. The number of hydrogen-bond donors (Lipinski definition) is 3. The summed E-state index contributed by atoms with van der Waals surface area (Å²) in [6.07, 6.45) is 1.45. The van der Waals surface area contributed by atoms with Gasteiger partial charge in [0.2, 0.25) is 10.3 Å². The lowest BCUT2D eigenvalue weighted by Crippen LogP contribution is -2.66. The average Bonchev–Trinajstić information content (AvgIpc) is 2.90. The SMILES string of the molecule is O=C(NOC1CCCCO1)C1NC(=S(=O)=O)C2CCC1N2C(=O)O. The predicted octanol–water partition coefficient (Wildman–Crippen LogP) is -0.947. The Hall–Kier alpha value is -1.69. The van der Waals surface area contributed by atoms with Crippen LogP contribution in [-0.4, -0.2) is 66.4 Å². The minimum absolute atomic E-state index is 0.180. The van der Waals surface area contributed by atoms with Gasteiger partial charge in [0.05, 0.1) is 12.1 Å². The van der Waals surface area contributed by atoms with E-state index in [1.165, 1.54) is 0 Å². The molecule has 3 aliphatic rings. The molecular formula is C13H19N3O7S. The number of hydroxylamine groups is 1. The van der Waals surface area contributed by atoms with E-state index in [-0.39, 0.29) is 4.99 Å². The summed E-state index contributed by atoms with van der Waals surface area (Å²) in [6.45, 7) is 0.548. The number of ether oxygens (including phenoxy) is 1. The molecule has 2 bridgehead atoms. The average molecular weight is 361 g/mol. The van der Waals surface area contributed by atoms with Crippen LogP contribution >= 0.6 is 0 Å². The van der Waals surface area contributed by atoms with Crippen LogP contribution in [0.4, 0.5) is 4.79 Å². The van der Waals surface area contributed by atoms with Crippen molar-refractivity contribution in [1.29, 1.82) is 0 Å². The Labute approximate surface area is 139 Å². The lowest BCUT2D eigenvalue weighted by Gasteiger charge is -2.38. The van der Waals surface area contributed by atoms with Crippen LogP contribution in [0.1, 0.15) is 32.1 Å². The molecule has 10 nitrogen and oxygen atoms in total. The van der Waals surface area contributed by atoms with Gasteiger partial charge in [-0.25, -0.2) is 15.1 Å². The molecule has 0 radical (unpaired) electrons. The Morgan fingerprint density at radius 1 is 1.29 bits per heavy atom. The first-order valence-corrected chi connectivity index (χ1v) is 8.87. The van der Waals surface area contributed by atoms with Crippen molar-refractivity contribution in [2.75, 3.05) is 6.61 Å². The number of rotatable bonds is 3. The van der Waals surface area contributed by atoms with Crippen molar-refractivity contribution >= 4 is 27.3 Å². The van der Waals surface area contributed by atoms with Crippen molar-refractivity contribution in [3.05, 3.63) is 0 Å². The maximum absolute atomic E-state index is 12.4. The van der Waals surface area contributed by atoms with Crippen LogP contribution in [0.25, 0.3) is 0 Å². The Balaban J connectivity index is 1.72. The van der Waals surface area contributed by atoms with Crippen LogP contribution in [0.3, 0.4) is 0 Å². The molecule has 11 heteroatoms. The first-order chi connectivity index (χ1) is 11.5. The van der Waals surface area contributed by atoms with Crippen molar-refractivity contribution in [2.45, 2.75) is 56.5 Å². The molecule has 3 fully saturated rings. The first kappa shape index (κ1) is 17.1. The Kier molecular flexibility index (Phi) is 5.04. The minimum Gasteiger partial charge on any atom is -0.465 e. The van der Waals surface area contributed by atoms with Gasteiger partial charge in [-0.15, -0.1) is 0 Å². The summed E-state index contributed by atoms with van der Waals surface area (Å²) >= 11 is 0. The zero-order valence-corrected chi connectivity index (χ0v) is 13.6. The number of carboxylic acid groups (broad SMARTS) is 1. The van der Waals surface area contributed by atoms with Crippen molar-refractivity contribution in [3.8, 4) is 0 Å². The molecular weight excluding hydrogens is 342 g/mol. The molecule has 3 rings (SSSR count). The monoisotopic (exact) mass is 361 g/mol. The summed E-state index contributed by atoms with van der Waals surface area (Å²) in [5, 5.41) is 12.0. The molecule has 3 heterocycles. The standard InChI is InChI=1S/C13H19N3O7S/c17-11(15-23-9-3-1-2-6-22-9)10-7-4-5-8(16(7)13(18)19)12(14-10)24(20)21/h7-10,14H,1-6H2,(H,15,17)(H,18,19). The van der Waals surface area contributed by atoms with E-state index in [2.05, 4.69) is 10.8 Å². The molecule has 0 saturated carbocycles. The molecule has 24 heavy (non-hydrogen) atoms. The molecule has 0 spiro atoms. The summed E-state index contributed by atoms with van der Waals surface area (Å²) in [4.78, 5) is 29.9. The summed E-state index contributed by atoms with van der Waals surface area (Å²) in [5.74, 6) is -0.622. The molecule has 3 aliphatic heterocycles. The maximum Gasteiger partial charge on any atom is 0.408 e. The van der Waals surface area contributed by atoms with Gasteiger partial charge < -0.3 is 9.84 Å². The second kappa shape index (κ2) is 7.05. The number of amides is 2. The van der Waals surface area contributed by atoms with E-state index in [0.717, 1.165) is 17.7 Å². The third kappa shape index (κ3) is 3.24. The molecule has 0 aromatic rings. The van der Waals surface area contributed by atoms with Crippen molar-refractivity contribution in [3.63, 3.8) is 0 Å². The second-order valence-electron chi connectivity index (χ2n) is 5.95. The number of fused-ring (bicyclic) bond motifs is 2. The van der Waals surface area contributed by atoms with Gasteiger partial charge in [-0.1, -0.05) is 0 Å². The molecule has 3 saturated heterocycles. The van der Waals surface area contributed by atoms with Gasteiger partial charge in [-0.2, -0.15) is 8.42 Å². The molecule has 0 aliphatic carbocycles. The lowest BCUT2D eigenvalue weighted by molar-refractivity contribution is -0.201. The third-order valence-corrected chi connectivity index (χ3v) is 5.27. The molecule has 134 valence electrons. The third-order valence-electron chi connectivity index (χ3n) is 4.53. The number of hydrogen-bond acceptors (Lipinski definition) is 6. The molecule has 2 amide bonds. The van der Waals surface area contributed by atoms with E-state index in [4.69, 9.17) is 9.57 Å². The highest BCUT2D eigenvalue weighted by atomic mass is 32.2. The Morgan fingerprint density at radius 2 is 2.08 bits per heavy atom. The van der Waals surface area contributed by atoms with Crippen LogP contribution in [0.2, 0.25) is 0 Å². The quantitative estimate of drug-likeness (QED) is 0.433. The number of nitrogens with one attached hydrogen (secondary N) is 2. The largest absolute Gasteiger partial charge is 0.465 e. The summed E-state index contributed by atoms with van der Waals surface area (Å²) < 4.78 is 28.1. The fraction of sp³-hybridized carbons (Fsp3) is 0.769. The van der Waals surface area contributed by atoms with Gasteiger partial charge in [0, 0.05) is 13.0 Å². The zero-order chi connectivity index (χ0) is 17.3. The van der Waals surface area contributed by atoms with Gasteiger partial charge in [-0.05, 0) is 25.7 Å². The van der Waals surface area contributed by atoms with Crippen molar-refractivity contribution < 1.29 is 32.7 Å². The van der Waals surface area contributed by atoms with Crippen LogP contribution in [-0.2, 0) is 24.7 Å². The highest BCUT2D eigenvalue weighted by molar-refractivity contribution is 7.73. The molecule has 4 unspecified atom stereocenters. The van der Waals surface area contributed by atoms with E-state index in [1.54, 1.807) is 0 Å². The van der Waals surface area contributed by atoms with E-state index in [0.29, 0.717) is 25.9 Å². The normalized spacial score (nSPS) is 32.5. The van der Waals surface area contributed by atoms with E-state index < -0.39 is 46.7 Å². The van der Waals surface area contributed by atoms with E-state index >= 15 is 0 Å². The van der Waals surface area contributed by atoms with Gasteiger partial charge in [-0.3, -0.25) is 15.0 Å². The van der Waals surface area contributed by atoms with Crippen molar-refractivity contribution in [2.24, 2.45) is 0 Å². The summed E-state index contributed by atoms with van der Waals surface area (Å²) in [7, 11) is -2.63. The van der Waals surface area contributed by atoms with Crippen LogP contribution in [0.5, 0.6) is 0 Å². The molecule has 3 N–H and O–H groups in total. The van der Waals surface area contributed by atoms with Gasteiger partial charge >= 0.3 is 6.09 Å². The fourth-order valence-electron chi connectivity index (χ4n) is 3.43. The first-order valence-electron chi connectivity index (χ1n) is 7.80. The smallest absolute Gasteiger partial charge is 0.408 e. The van der Waals surface area contributed by atoms with Crippen molar-refractivity contribution in [1.82, 2.24) is 15.7 Å². The molecule has 4 atom stereocenters. The van der Waals surface area contributed by atoms with E-state index in [1.807, 2.05) is 0 Å². The number of carbonyl (C=O) groups excluding carboxylic acids is 1. The van der Waals surface area contributed by atoms with Crippen LogP contribution in [0, 0.1) is 0 Å². The fourth-order valence-corrected chi connectivity index (χ4v) is 4.11. The van der Waals surface area contributed by atoms with Gasteiger partial charge in [0.25, 0.3) is 5.91 Å². The number of nitrogens with zero attached hydrogens (tertiary/aromatic N) is 1. The number of carbonyl (C=O) groups is 2. The molecule has 0 aromatic carbocycles. The van der Waals surface area contributed by atoms with E-state index in [9.17, 15) is 23.1 Å². The highest BCUT2D eigenvalue weighted by Crippen LogP contribution is 2.31. The lowest BCUT2D eigenvalue weighted by atomic mass is 10.1. The number of piperazine rings is 1. The highest BCUT2D eigenvalue weighted by Gasteiger charge is 2.51. The van der Waals surface area contributed by atoms with Crippen LogP contribution < -0.4 is 10.8 Å². The Bertz CT molecular complexity index is 650. The Morgan fingerprint density at radius 3 is 2.71 bits per heavy atom. The van der Waals surface area contributed by atoms with Gasteiger partial charge in [0.1, 0.15) is 11.0 Å². The topological polar surface area (TPSA) is 134 Å². The zero-order valence-electron chi connectivity index (χ0n) is 12.8. The summed E-state index contributed by atoms with van der Waals surface area (Å²) in [5.41, 5.74) is 2.26.